The van der Waals surface area contributed by atoms with Crippen LogP contribution in [-0.2, 0) is 32.9 Å². The van der Waals surface area contributed by atoms with Gasteiger partial charge < -0.3 is 9.97 Å². The van der Waals surface area contributed by atoms with Crippen molar-refractivity contribution in [1.29, 1.82) is 0 Å². The molecule has 0 spiro atoms. The maximum absolute atomic E-state index is 4.86. The standard InChI is InChI=1S/C31H30N.C23H16N.Ir/c1-20(2)15-22-17-23(16-21(3)4)19-25(18-22)31-30-12-11-27-26-8-6-5-7-24(26)9-10-28(27)29(30)13-14-32-31;1-3-8-18(9-4-1)20-12-7-13-22(16-20)23-17-21(14-15-24-23)19-10-5-2-6-11-19;/h5-14,17-18,20-21H,15-16H2,1-4H3;1-12,14-17H;/q2*-1;. The van der Waals surface area contributed by atoms with Gasteiger partial charge in [-0.15, -0.1) is 70.3 Å². The normalized spacial score (nSPS) is 11.1. The summed E-state index contributed by atoms with van der Waals surface area (Å²) in [5.74, 6) is 1.22. The Bertz CT molecular complexity index is 2640. The van der Waals surface area contributed by atoms with Gasteiger partial charge in [-0.25, -0.2) is 0 Å². The van der Waals surface area contributed by atoms with Gasteiger partial charge in [0.1, 0.15) is 0 Å². The molecular weight excluding hydrogens is 869 g/mol. The Morgan fingerprint density at radius 2 is 1.09 bits per heavy atom. The largest absolute Gasteiger partial charge is 0.305 e. The minimum absolute atomic E-state index is 0. The van der Waals surface area contributed by atoms with Crippen LogP contribution >= 0.6 is 0 Å². The summed E-state index contributed by atoms with van der Waals surface area (Å²) in [5.41, 5.74) is 11.5. The Hall–Kier alpha value is -5.73. The number of aromatic nitrogens is 2. The van der Waals surface area contributed by atoms with Crippen LogP contribution in [0, 0.1) is 24.0 Å². The number of hydrogen-bond acceptors (Lipinski definition) is 2. The van der Waals surface area contributed by atoms with Gasteiger partial charge >= 0.3 is 0 Å². The topological polar surface area (TPSA) is 25.8 Å². The average molecular weight is 915 g/mol. The molecule has 0 aliphatic carbocycles. The van der Waals surface area contributed by atoms with Crippen molar-refractivity contribution in [2.75, 3.05) is 0 Å². The molecule has 0 aliphatic rings. The molecule has 57 heavy (non-hydrogen) atoms. The van der Waals surface area contributed by atoms with Gasteiger partial charge in [-0.1, -0.05) is 143 Å². The van der Waals surface area contributed by atoms with Crippen LogP contribution in [0.5, 0.6) is 0 Å². The van der Waals surface area contributed by atoms with Crippen LogP contribution in [0.15, 0.2) is 170 Å². The molecule has 9 rings (SSSR count). The van der Waals surface area contributed by atoms with Crippen molar-refractivity contribution < 1.29 is 20.1 Å². The van der Waals surface area contributed by atoms with Crippen LogP contribution in [0.3, 0.4) is 0 Å². The molecule has 0 atom stereocenters. The van der Waals surface area contributed by atoms with Gasteiger partial charge in [-0.05, 0) is 97.2 Å². The third kappa shape index (κ3) is 9.13. The number of benzene rings is 7. The van der Waals surface area contributed by atoms with Crippen molar-refractivity contribution in [3.8, 4) is 44.8 Å². The Morgan fingerprint density at radius 3 is 1.82 bits per heavy atom. The van der Waals surface area contributed by atoms with Gasteiger partial charge in [0.15, 0.2) is 0 Å². The Balaban J connectivity index is 0.000000178. The zero-order valence-electron chi connectivity index (χ0n) is 33.0. The van der Waals surface area contributed by atoms with E-state index >= 15 is 0 Å². The second-order valence-corrected chi connectivity index (χ2v) is 15.5. The van der Waals surface area contributed by atoms with Crippen LogP contribution in [0.2, 0.25) is 0 Å². The van der Waals surface area contributed by atoms with E-state index in [-0.39, 0.29) is 20.1 Å². The zero-order chi connectivity index (χ0) is 38.4. The van der Waals surface area contributed by atoms with Crippen LogP contribution in [-0.4, -0.2) is 9.97 Å². The first kappa shape index (κ1) is 39.5. The van der Waals surface area contributed by atoms with Gasteiger partial charge in [0.05, 0.1) is 0 Å². The van der Waals surface area contributed by atoms with E-state index in [9.17, 15) is 0 Å². The first-order valence-electron chi connectivity index (χ1n) is 19.7. The summed E-state index contributed by atoms with van der Waals surface area (Å²) < 4.78 is 0. The molecule has 0 saturated heterocycles. The summed E-state index contributed by atoms with van der Waals surface area (Å²) in [6.45, 7) is 9.11. The van der Waals surface area contributed by atoms with E-state index in [1.54, 1.807) is 0 Å². The second-order valence-electron chi connectivity index (χ2n) is 15.5. The SMILES string of the molecule is CC(C)Cc1[c-]c(-c2nccc3c2ccc2c4ccccc4ccc32)cc(CC(C)C)c1.[Ir].[c-]1ccc(-c2ccccc2)cc1-c1cc(-c2ccccc2)ccn1. The fourth-order valence-electron chi connectivity index (χ4n) is 7.74. The Kier molecular flexibility index (Phi) is 12.5. The maximum Gasteiger partial charge on any atom is 0.0167 e. The van der Waals surface area contributed by atoms with Crippen LogP contribution in [0.1, 0.15) is 38.8 Å². The van der Waals surface area contributed by atoms with Crippen LogP contribution in [0.4, 0.5) is 0 Å². The van der Waals surface area contributed by atoms with Crippen molar-refractivity contribution >= 4 is 32.3 Å². The van der Waals surface area contributed by atoms with Gasteiger partial charge in [-0.2, -0.15) is 0 Å². The van der Waals surface area contributed by atoms with Gasteiger partial charge in [0.2, 0.25) is 0 Å². The maximum atomic E-state index is 4.86. The summed E-state index contributed by atoms with van der Waals surface area (Å²) in [7, 11) is 0. The monoisotopic (exact) mass is 915 g/mol. The number of rotatable bonds is 8. The number of fused-ring (bicyclic) bond motifs is 5. The van der Waals surface area contributed by atoms with E-state index in [4.69, 9.17) is 4.98 Å². The average Bonchev–Trinajstić information content (AvgIpc) is 3.23. The molecule has 0 amide bonds. The minimum Gasteiger partial charge on any atom is -0.305 e. The summed E-state index contributed by atoms with van der Waals surface area (Å²) in [6, 6.07) is 62.5. The molecule has 0 aliphatic heterocycles. The third-order valence-electron chi connectivity index (χ3n) is 10.2. The number of hydrogen-bond donors (Lipinski definition) is 0. The van der Waals surface area contributed by atoms with E-state index in [1.165, 1.54) is 65.7 Å². The molecule has 2 aromatic heterocycles. The summed E-state index contributed by atoms with van der Waals surface area (Å²) >= 11 is 0. The first-order valence-corrected chi connectivity index (χ1v) is 19.7. The van der Waals surface area contributed by atoms with E-state index in [0.717, 1.165) is 35.4 Å². The van der Waals surface area contributed by atoms with Crippen molar-refractivity contribution in [3.63, 3.8) is 0 Å². The quantitative estimate of drug-likeness (QED) is 0.112. The summed E-state index contributed by atoms with van der Waals surface area (Å²) in [4.78, 5) is 9.39. The molecular formula is C54H46IrN2-2. The molecule has 0 unspecified atom stereocenters. The fraction of sp³-hybridized carbons (Fsp3) is 0.148. The van der Waals surface area contributed by atoms with Crippen molar-refractivity contribution in [2.24, 2.45) is 11.8 Å². The van der Waals surface area contributed by atoms with Gasteiger partial charge in [-0.3, -0.25) is 0 Å². The molecule has 2 heterocycles. The van der Waals surface area contributed by atoms with Gasteiger partial charge in [0, 0.05) is 32.5 Å². The molecule has 3 heteroatoms. The predicted molar refractivity (Wildman–Crippen MR) is 237 cm³/mol. The molecule has 0 bridgehead atoms. The molecule has 7 aromatic carbocycles. The first-order chi connectivity index (χ1) is 27.4. The Labute approximate surface area is 351 Å². The molecule has 0 N–H and O–H groups in total. The predicted octanol–water partition coefficient (Wildman–Crippen LogP) is 14.3. The zero-order valence-corrected chi connectivity index (χ0v) is 35.4. The second kappa shape index (κ2) is 18.0. The van der Waals surface area contributed by atoms with E-state index < -0.39 is 0 Å². The number of pyridine rings is 2. The third-order valence-corrected chi connectivity index (χ3v) is 10.2. The number of nitrogens with zero attached hydrogens (tertiary/aromatic N) is 2. The molecule has 1 radical (unpaired) electrons. The van der Waals surface area contributed by atoms with E-state index in [2.05, 4.69) is 178 Å². The summed E-state index contributed by atoms with van der Waals surface area (Å²) in [6.07, 6.45) is 5.93. The van der Waals surface area contributed by atoms with Crippen LogP contribution < -0.4 is 0 Å². The summed E-state index contributed by atoms with van der Waals surface area (Å²) in [5, 5.41) is 7.61. The molecule has 9 aromatic rings. The van der Waals surface area contributed by atoms with E-state index in [1.807, 2.05) is 36.7 Å². The smallest absolute Gasteiger partial charge is 0.0167 e. The molecule has 0 fully saturated rings. The van der Waals surface area contributed by atoms with Gasteiger partial charge in [0.25, 0.3) is 0 Å². The van der Waals surface area contributed by atoms with Crippen molar-refractivity contribution in [1.82, 2.24) is 9.97 Å². The minimum atomic E-state index is 0. The molecule has 2 nitrogen and oxygen atoms in total. The molecule has 283 valence electrons. The van der Waals surface area contributed by atoms with Crippen molar-refractivity contribution in [3.05, 3.63) is 193 Å². The molecule has 0 saturated carbocycles. The van der Waals surface area contributed by atoms with Crippen molar-refractivity contribution in [2.45, 2.75) is 40.5 Å². The van der Waals surface area contributed by atoms with E-state index in [0.29, 0.717) is 11.8 Å². The van der Waals surface area contributed by atoms with Crippen LogP contribution in [0.25, 0.3) is 77.1 Å². The Morgan fingerprint density at radius 1 is 0.474 bits per heavy atom. The fourth-order valence-corrected chi connectivity index (χ4v) is 7.74.